The Balaban J connectivity index is 1.60. The fourth-order valence-electron chi connectivity index (χ4n) is 10.2. The van der Waals surface area contributed by atoms with E-state index in [0.29, 0.717) is 6.42 Å². The maximum absolute atomic E-state index is 14.4. The molecule has 5 aliphatic carbocycles. The molecular weight excluding hydrogens is 438 g/mol. The number of esters is 1. The maximum atomic E-state index is 14.4. The molecule has 2 heterocycles. The summed E-state index contributed by atoms with van der Waals surface area (Å²) in [5.74, 6) is -0.403. The number of nitrogens with zero attached hydrogens (tertiary/aromatic N) is 1. The molecule has 5 fully saturated rings. The van der Waals surface area contributed by atoms with Gasteiger partial charge in [-0.15, -0.1) is 0 Å². The van der Waals surface area contributed by atoms with Crippen LogP contribution in [-0.4, -0.2) is 23.1 Å². The van der Waals surface area contributed by atoms with Gasteiger partial charge in [-0.2, -0.15) is 5.26 Å². The number of nitriles is 1. The van der Waals surface area contributed by atoms with E-state index in [1.165, 1.54) is 0 Å². The van der Waals surface area contributed by atoms with Crippen LogP contribution in [0.1, 0.15) is 86.5 Å². The number of ketones is 2. The van der Waals surface area contributed by atoms with Crippen molar-refractivity contribution in [3.8, 4) is 6.07 Å². The second kappa shape index (κ2) is 6.36. The molecule has 2 aliphatic heterocycles. The van der Waals surface area contributed by atoms with E-state index in [-0.39, 0.29) is 46.3 Å². The summed E-state index contributed by atoms with van der Waals surface area (Å²) in [6.07, 6.45) is 9.39. The SMILES string of the molecule is C[C@@H]1C(=O)C(C#N)=C[C@]2(C)C3=CC(=O)[C@@]4(C)C5CC(C)(C)CC[C@]56CC[C@]4(OC6=O)[C@]3(C)CCC12. The van der Waals surface area contributed by atoms with Gasteiger partial charge in [0.1, 0.15) is 11.7 Å². The average Bonchev–Trinajstić information content (AvgIpc) is 2.79. The highest BCUT2D eigenvalue weighted by Gasteiger charge is 2.81. The van der Waals surface area contributed by atoms with E-state index in [9.17, 15) is 19.6 Å². The number of allylic oxidation sites excluding steroid dienone is 3. The van der Waals surface area contributed by atoms with Gasteiger partial charge in [-0.1, -0.05) is 40.7 Å². The number of hydrogen-bond donors (Lipinski definition) is 0. The van der Waals surface area contributed by atoms with Gasteiger partial charge in [-0.05, 0) is 80.8 Å². The van der Waals surface area contributed by atoms with Crippen molar-refractivity contribution in [3.63, 3.8) is 0 Å². The minimum atomic E-state index is -0.891. The first-order valence-electron chi connectivity index (χ1n) is 13.4. The van der Waals surface area contributed by atoms with Crippen LogP contribution in [0.3, 0.4) is 0 Å². The van der Waals surface area contributed by atoms with Crippen LogP contribution in [0.5, 0.6) is 0 Å². The summed E-state index contributed by atoms with van der Waals surface area (Å²) < 4.78 is 6.62. The molecule has 2 unspecified atom stereocenters. The summed E-state index contributed by atoms with van der Waals surface area (Å²) >= 11 is 0. The molecule has 0 aromatic rings. The van der Waals surface area contributed by atoms with Crippen LogP contribution in [0.25, 0.3) is 0 Å². The van der Waals surface area contributed by atoms with E-state index in [4.69, 9.17) is 4.74 Å². The van der Waals surface area contributed by atoms with Crippen molar-refractivity contribution < 1.29 is 19.1 Å². The Morgan fingerprint density at radius 1 is 1.00 bits per heavy atom. The fourth-order valence-corrected chi connectivity index (χ4v) is 10.2. The lowest BCUT2D eigenvalue weighted by molar-refractivity contribution is -0.300. The predicted octanol–water partition coefficient (Wildman–Crippen LogP) is 5.50. The Hall–Kier alpha value is -2.22. The molecule has 7 aliphatic rings. The Morgan fingerprint density at radius 3 is 2.34 bits per heavy atom. The third-order valence-corrected chi connectivity index (χ3v) is 12.2. The first-order valence-corrected chi connectivity index (χ1v) is 13.4. The molecule has 35 heavy (non-hydrogen) atoms. The molecule has 0 aromatic heterocycles. The van der Waals surface area contributed by atoms with Gasteiger partial charge in [0.2, 0.25) is 0 Å². The smallest absolute Gasteiger partial charge is 0.313 e. The first kappa shape index (κ1) is 23.2. The van der Waals surface area contributed by atoms with Gasteiger partial charge in [0.05, 0.1) is 16.4 Å². The molecule has 0 radical (unpaired) electrons. The lowest BCUT2D eigenvalue weighted by Gasteiger charge is -2.74. The molecular formula is C30H37NO4. The van der Waals surface area contributed by atoms with Gasteiger partial charge in [-0.25, -0.2) is 0 Å². The summed E-state index contributed by atoms with van der Waals surface area (Å²) in [6, 6.07) is 2.12. The molecule has 0 amide bonds. The second-order valence-electron chi connectivity index (χ2n) is 14.0. The highest BCUT2D eigenvalue weighted by atomic mass is 16.6. The van der Waals surface area contributed by atoms with E-state index in [2.05, 4.69) is 40.7 Å². The molecule has 5 nitrogen and oxygen atoms in total. The lowest BCUT2D eigenvalue weighted by atomic mass is 9.32. The van der Waals surface area contributed by atoms with Crippen LogP contribution in [0, 0.1) is 56.2 Å². The van der Waals surface area contributed by atoms with Crippen LogP contribution in [-0.2, 0) is 19.1 Å². The van der Waals surface area contributed by atoms with E-state index >= 15 is 0 Å². The summed E-state index contributed by atoms with van der Waals surface area (Å²) in [4.78, 5) is 41.1. The molecule has 8 atom stereocenters. The highest BCUT2D eigenvalue weighted by Crippen LogP contribution is 2.78. The van der Waals surface area contributed by atoms with Gasteiger partial charge < -0.3 is 4.74 Å². The zero-order valence-corrected chi connectivity index (χ0v) is 21.9. The minimum Gasteiger partial charge on any atom is -0.457 e. The molecule has 0 aromatic carbocycles. The molecule has 186 valence electrons. The van der Waals surface area contributed by atoms with Gasteiger partial charge in [0, 0.05) is 16.7 Å². The second-order valence-corrected chi connectivity index (χ2v) is 14.0. The topological polar surface area (TPSA) is 84.2 Å². The normalized spacial score (nSPS) is 51.6. The number of fused-ring (bicyclic) bond motifs is 5. The third-order valence-electron chi connectivity index (χ3n) is 12.2. The summed E-state index contributed by atoms with van der Waals surface area (Å²) in [6.45, 7) is 12.8. The zero-order chi connectivity index (χ0) is 25.4. The fraction of sp³-hybridized carbons (Fsp3) is 0.733. The van der Waals surface area contributed by atoms with Crippen LogP contribution in [0.4, 0.5) is 0 Å². The van der Waals surface area contributed by atoms with Gasteiger partial charge in [0.15, 0.2) is 11.6 Å². The molecule has 0 N–H and O–H groups in total. The summed E-state index contributed by atoms with van der Waals surface area (Å²) in [5.41, 5.74) is -2.10. The third kappa shape index (κ3) is 2.30. The number of carbonyl (C=O) groups is 3. The predicted molar refractivity (Wildman–Crippen MR) is 130 cm³/mol. The van der Waals surface area contributed by atoms with Crippen LogP contribution < -0.4 is 0 Å². The monoisotopic (exact) mass is 475 g/mol. The molecule has 2 saturated heterocycles. The van der Waals surface area contributed by atoms with Crippen molar-refractivity contribution in [2.75, 3.05) is 0 Å². The largest absolute Gasteiger partial charge is 0.457 e. The Morgan fingerprint density at radius 2 is 1.69 bits per heavy atom. The molecule has 5 heteroatoms. The maximum Gasteiger partial charge on any atom is 0.313 e. The zero-order valence-electron chi connectivity index (χ0n) is 21.9. The minimum absolute atomic E-state index is 0.0237. The van der Waals surface area contributed by atoms with Crippen molar-refractivity contribution in [2.24, 2.45) is 44.8 Å². The number of carbonyl (C=O) groups excluding carboxylic acids is 3. The van der Waals surface area contributed by atoms with Gasteiger partial charge in [-0.3, -0.25) is 14.4 Å². The molecule has 2 bridgehead atoms. The Labute approximate surface area is 208 Å². The van der Waals surface area contributed by atoms with E-state index < -0.39 is 27.3 Å². The lowest BCUT2D eigenvalue weighted by Crippen LogP contribution is -2.79. The van der Waals surface area contributed by atoms with Crippen molar-refractivity contribution in [3.05, 3.63) is 23.3 Å². The van der Waals surface area contributed by atoms with Crippen LogP contribution in [0.15, 0.2) is 23.3 Å². The van der Waals surface area contributed by atoms with E-state index in [1.54, 1.807) is 0 Å². The van der Waals surface area contributed by atoms with E-state index in [0.717, 1.165) is 44.1 Å². The van der Waals surface area contributed by atoms with Gasteiger partial charge >= 0.3 is 5.97 Å². The quantitative estimate of drug-likeness (QED) is 0.432. The average molecular weight is 476 g/mol. The van der Waals surface area contributed by atoms with Crippen molar-refractivity contribution in [1.29, 1.82) is 5.26 Å². The summed E-state index contributed by atoms with van der Waals surface area (Å²) in [7, 11) is 0. The first-order chi connectivity index (χ1) is 16.2. The van der Waals surface area contributed by atoms with Crippen molar-refractivity contribution in [1.82, 2.24) is 0 Å². The Bertz CT molecular complexity index is 1200. The molecule has 7 rings (SSSR count). The van der Waals surface area contributed by atoms with Crippen LogP contribution in [0.2, 0.25) is 0 Å². The van der Waals surface area contributed by atoms with Crippen LogP contribution >= 0.6 is 0 Å². The molecule has 2 spiro atoms. The van der Waals surface area contributed by atoms with Gasteiger partial charge in [0.25, 0.3) is 0 Å². The van der Waals surface area contributed by atoms with E-state index in [1.807, 2.05) is 19.1 Å². The number of hydrogen-bond acceptors (Lipinski definition) is 5. The summed E-state index contributed by atoms with van der Waals surface area (Å²) in [5, 5.41) is 9.75. The Kier molecular flexibility index (Phi) is 4.22. The number of ether oxygens (including phenoxy) is 1. The van der Waals surface area contributed by atoms with Crippen molar-refractivity contribution in [2.45, 2.75) is 92.1 Å². The van der Waals surface area contributed by atoms with Crippen molar-refractivity contribution >= 4 is 17.5 Å². The standard InChI is InChI=1S/C30H37NO4/c1-17-19-7-8-27(5)20(26(19,4)14-18(16-31)23(17)33)13-22(32)28(6)21-15-25(2,3)9-10-29(21)11-12-30(27,28)35-24(29)34/h13-14,17,19,21H,7-12,15H2,1-6H3/t17-,19?,21?,26-,27+,28+,29-,30-/m0/s1. The number of Topliss-reactive ketones (excluding diaryl/α,β-unsaturated/α-hetero) is 1. The molecule has 3 saturated carbocycles. The highest BCUT2D eigenvalue weighted by molar-refractivity contribution is 6.03. The number of rotatable bonds is 0.